The highest BCUT2D eigenvalue weighted by atomic mass is 79.9. The maximum Gasteiger partial charge on any atom is 0.338 e. The second kappa shape index (κ2) is 7.04. The standard InChI is InChI=1S/C15H14BrNO4S/c1-17-22(19,20)14-4-2-3-12(9-14)15(18)21-10-11-5-7-13(16)8-6-11/h2-9,17H,10H2,1H3. The van der Waals surface area contributed by atoms with Crippen molar-refractivity contribution in [2.45, 2.75) is 11.5 Å². The van der Waals surface area contributed by atoms with Crippen LogP contribution in [0.2, 0.25) is 0 Å². The van der Waals surface area contributed by atoms with E-state index >= 15 is 0 Å². The van der Waals surface area contributed by atoms with E-state index in [1.807, 2.05) is 24.3 Å². The summed E-state index contributed by atoms with van der Waals surface area (Å²) in [6, 6.07) is 13.1. The van der Waals surface area contributed by atoms with Gasteiger partial charge in [0.15, 0.2) is 0 Å². The number of sulfonamides is 1. The van der Waals surface area contributed by atoms with E-state index < -0.39 is 16.0 Å². The van der Waals surface area contributed by atoms with E-state index in [0.29, 0.717) is 0 Å². The molecule has 0 radical (unpaired) electrons. The van der Waals surface area contributed by atoms with Crippen molar-refractivity contribution in [3.05, 3.63) is 64.1 Å². The van der Waals surface area contributed by atoms with Gasteiger partial charge < -0.3 is 4.74 Å². The van der Waals surface area contributed by atoms with Crippen LogP contribution in [-0.4, -0.2) is 21.4 Å². The fourth-order valence-corrected chi connectivity index (χ4v) is 2.76. The van der Waals surface area contributed by atoms with Gasteiger partial charge in [-0.2, -0.15) is 0 Å². The highest BCUT2D eigenvalue weighted by Gasteiger charge is 2.15. The lowest BCUT2D eigenvalue weighted by molar-refractivity contribution is 0.0472. The van der Waals surface area contributed by atoms with E-state index in [0.717, 1.165) is 10.0 Å². The van der Waals surface area contributed by atoms with Crippen molar-refractivity contribution >= 4 is 31.9 Å². The Morgan fingerprint density at radius 3 is 2.50 bits per heavy atom. The third kappa shape index (κ3) is 4.16. The quantitative estimate of drug-likeness (QED) is 0.805. The monoisotopic (exact) mass is 383 g/mol. The van der Waals surface area contributed by atoms with Crippen molar-refractivity contribution in [3.8, 4) is 0 Å². The predicted molar refractivity (Wildman–Crippen MR) is 85.9 cm³/mol. The highest BCUT2D eigenvalue weighted by Crippen LogP contribution is 2.14. The first-order valence-corrected chi connectivity index (χ1v) is 8.65. The molecule has 0 aromatic heterocycles. The van der Waals surface area contributed by atoms with Crippen LogP contribution in [0, 0.1) is 0 Å². The number of benzene rings is 2. The van der Waals surface area contributed by atoms with E-state index in [9.17, 15) is 13.2 Å². The number of hydrogen-bond donors (Lipinski definition) is 1. The van der Waals surface area contributed by atoms with Gasteiger partial charge >= 0.3 is 5.97 Å². The number of halogens is 1. The molecule has 0 unspecified atom stereocenters. The molecular weight excluding hydrogens is 370 g/mol. The van der Waals surface area contributed by atoms with Crippen molar-refractivity contribution in [3.63, 3.8) is 0 Å². The maximum atomic E-state index is 12.0. The molecule has 0 bridgehead atoms. The van der Waals surface area contributed by atoms with E-state index in [4.69, 9.17) is 4.74 Å². The average Bonchev–Trinajstić information content (AvgIpc) is 2.54. The van der Waals surface area contributed by atoms with E-state index in [-0.39, 0.29) is 17.1 Å². The van der Waals surface area contributed by atoms with Gasteiger partial charge in [0.2, 0.25) is 10.0 Å². The minimum atomic E-state index is -3.59. The van der Waals surface area contributed by atoms with Gasteiger partial charge in [0.25, 0.3) is 0 Å². The van der Waals surface area contributed by atoms with Crippen LogP contribution in [0.25, 0.3) is 0 Å². The summed E-state index contributed by atoms with van der Waals surface area (Å²) >= 11 is 3.32. The molecule has 0 fully saturated rings. The van der Waals surface area contributed by atoms with Crippen molar-refractivity contribution in [2.24, 2.45) is 0 Å². The molecule has 7 heteroatoms. The van der Waals surface area contributed by atoms with Crippen LogP contribution in [0.5, 0.6) is 0 Å². The summed E-state index contributed by atoms with van der Waals surface area (Å²) in [5.74, 6) is -0.573. The Balaban J connectivity index is 2.10. The molecule has 2 aromatic carbocycles. The zero-order chi connectivity index (χ0) is 16.2. The minimum Gasteiger partial charge on any atom is -0.457 e. The molecular formula is C15H14BrNO4S. The molecule has 116 valence electrons. The van der Waals surface area contributed by atoms with Crippen molar-refractivity contribution in [1.29, 1.82) is 0 Å². The van der Waals surface area contributed by atoms with Crippen LogP contribution in [-0.2, 0) is 21.4 Å². The molecule has 0 amide bonds. The molecule has 0 heterocycles. The number of rotatable bonds is 5. The summed E-state index contributed by atoms with van der Waals surface area (Å²) < 4.78 is 31.8. The van der Waals surface area contributed by atoms with E-state index in [1.165, 1.54) is 31.3 Å². The highest BCUT2D eigenvalue weighted by molar-refractivity contribution is 9.10. The minimum absolute atomic E-state index is 0.0214. The second-order valence-electron chi connectivity index (χ2n) is 4.44. The van der Waals surface area contributed by atoms with Crippen LogP contribution >= 0.6 is 15.9 Å². The Labute approximate surface area is 137 Å². The van der Waals surface area contributed by atoms with Gasteiger partial charge in [0.05, 0.1) is 10.5 Å². The molecule has 0 spiro atoms. The summed E-state index contributed by atoms with van der Waals surface area (Å²) in [4.78, 5) is 12.0. The number of carbonyl (C=O) groups excluding carboxylic acids is 1. The third-order valence-electron chi connectivity index (χ3n) is 2.93. The largest absolute Gasteiger partial charge is 0.457 e. The summed E-state index contributed by atoms with van der Waals surface area (Å²) in [5, 5.41) is 0. The van der Waals surface area contributed by atoms with Crippen LogP contribution in [0.4, 0.5) is 0 Å². The lowest BCUT2D eigenvalue weighted by Gasteiger charge is -2.07. The fraction of sp³-hybridized carbons (Fsp3) is 0.133. The second-order valence-corrected chi connectivity index (χ2v) is 7.24. The van der Waals surface area contributed by atoms with Crippen LogP contribution in [0.15, 0.2) is 57.9 Å². The van der Waals surface area contributed by atoms with Crippen molar-refractivity contribution in [1.82, 2.24) is 4.72 Å². The van der Waals surface area contributed by atoms with Crippen LogP contribution in [0.1, 0.15) is 15.9 Å². The molecule has 0 aliphatic rings. The Morgan fingerprint density at radius 1 is 1.18 bits per heavy atom. The summed E-state index contributed by atoms with van der Waals surface area (Å²) in [7, 11) is -2.28. The van der Waals surface area contributed by atoms with E-state index in [1.54, 1.807) is 0 Å². The number of nitrogens with one attached hydrogen (secondary N) is 1. The third-order valence-corrected chi connectivity index (χ3v) is 4.87. The molecule has 5 nitrogen and oxygen atoms in total. The normalized spacial score (nSPS) is 11.2. The van der Waals surface area contributed by atoms with Gasteiger partial charge in [-0.15, -0.1) is 0 Å². The lowest BCUT2D eigenvalue weighted by atomic mass is 10.2. The SMILES string of the molecule is CNS(=O)(=O)c1cccc(C(=O)OCc2ccc(Br)cc2)c1. The van der Waals surface area contributed by atoms with Gasteiger partial charge in [0.1, 0.15) is 6.61 Å². The average molecular weight is 384 g/mol. The van der Waals surface area contributed by atoms with Crippen LogP contribution in [0.3, 0.4) is 0 Å². The summed E-state index contributed by atoms with van der Waals surface area (Å²) in [5.41, 5.74) is 1.03. The van der Waals surface area contributed by atoms with Gasteiger partial charge in [-0.05, 0) is 42.9 Å². The molecule has 0 atom stereocenters. The first kappa shape index (κ1) is 16.7. The summed E-state index contributed by atoms with van der Waals surface area (Å²) in [6.07, 6.45) is 0. The number of hydrogen-bond acceptors (Lipinski definition) is 4. The molecule has 22 heavy (non-hydrogen) atoms. The Bertz CT molecular complexity index is 772. The maximum absolute atomic E-state index is 12.0. The van der Waals surface area contributed by atoms with Crippen LogP contribution < -0.4 is 4.72 Å². The Kier molecular flexibility index (Phi) is 5.33. The predicted octanol–water partition coefficient (Wildman–Crippen LogP) is 2.71. The van der Waals surface area contributed by atoms with Crippen molar-refractivity contribution in [2.75, 3.05) is 7.05 Å². The van der Waals surface area contributed by atoms with Gasteiger partial charge in [0, 0.05) is 4.47 Å². The Hall–Kier alpha value is -1.70. The zero-order valence-electron chi connectivity index (χ0n) is 11.7. The zero-order valence-corrected chi connectivity index (χ0v) is 14.1. The molecule has 0 aliphatic heterocycles. The molecule has 0 saturated heterocycles. The van der Waals surface area contributed by atoms with Gasteiger partial charge in [-0.3, -0.25) is 0 Å². The number of carbonyl (C=O) groups is 1. The van der Waals surface area contributed by atoms with Crippen molar-refractivity contribution < 1.29 is 17.9 Å². The molecule has 2 aromatic rings. The topological polar surface area (TPSA) is 72.5 Å². The molecule has 0 saturated carbocycles. The molecule has 0 aliphatic carbocycles. The fourth-order valence-electron chi connectivity index (χ4n) is 1.72. The lowest BCUT2D eigenvalue weighted by Crippen LogP contribution is -2.19. The van der Waals surface area contributed by atoms with E-state index in [2.05, 4.69) is 20.7 Å². The number of esters is 1. The first-order valence-electron chi connectivity index (χ1n) is 6.37. The summed E-state index contributed by atoms with van der Waals surface area (Å²) in [6.45, 7) is 0.120. The molecule has 2 rings (SSSR count). The molecule has 1 N–H and O–H groups in total. The van der Waals surface area contributed by atoms with Gasteiger partial charge in [-0.25, -0.2) is 17.9 Å². The smallest absolute Gasteiger partial charge is 0.338 e. The first-order chi connectivity index (χ1) is 10.4. The number of ether oxygens (including phenoxy) is 1. The van der Waals surface area contributed by atoms with Gasteiger partial charge in [-0.1, -0.05) is 34.1 Å². The Morgan fingerprint density at radius 2 is 1.86 bits per heavy atom.